The minimum absolute atomic E-state index is 0.228. The van der Waals surface area contributed by atoms with E-state index in [-0.39, 0.29) is 22.5 Å². The molecule has 10 rings (SSSR count). The third kappa shape index (κ3) is 4.34. The van der Waals surface area contributed by atoms with Crippen molar-refractivity contribution in [3.8, 4) is 22.5 Å². The number of para-hydroxylation sites is 4. The maximum atomic E-state index is 5.06. The minimum Gasteiger partial charge on any atom is -0.308 e. The third-order valence-corrected chi connectivity index (χ3v) is 11.7. The predicted octanol–water partition coefficient (Wildman–Crippen LogP) is 13.0. The standard InChI is InChI=1S/C46H32N6S2/c1-45(2)30-16-5-9-20-34(30)51(35-21-10-6-17-31(35)45)38-24-29-39-27(40-41(29)50-44(48-26-54)43(49-40)47-25-53)14-13-15-28(39)42(38)52-36-22-11-7-18-32(36)46(3,4)33-19-8-12-23-37(33)52/h5-24H,1-4H3. The molecule has 3 heterocycles. The molecule has 1 aliphatic carbocycles. The maximum Gasteiger partial charge on any atom is 0.209 e. The van der Waals surface area contributed by atoms with Gasteiger partial charge >= 0.3 is 0 Å². The third-order valence-electron chi connectivity index (χ3n) is 11.5. The van der Waals surface area contributed by atoms with Crippen LogP contribution in [0.25, 0.3) is 33.3 Å². The number of hydrogen-bond acceptors (Lipinski definition) is 8. The summed E-state index contributed by atoms with van der Waals surface area (Å²) in [6.45, 7) is 9.28. The maximum absolute atomic E-state index is 5.06. The number of benzene rings is 6. The summed E-state index contributed by atoms with van der Waals surface area (Å²) in [5.41, 5.74) is 14.5. The van der Waals surface area contributed by atoms with Crippen molar-refractivity contribution in [3.63, 3.8) is 0 Å². The lowest BCUT2D eigenvalue weighted by atomic mass is 9.73. The molecule has 54 heavy (non-hydrogen) atoms. The lowest BCUT2D eigenvalue weighted by Crippen LogP contribution is -2.33. The van der Waals surface area contributed by atoms with E-state index in [2.05, 4.69) is 179 Å². The van der Waals surface area contributed by atoms with Gasteiger partial charge < -0.3 is 9.80 Å². The number of thiocarbonyl (C=S) groups is 2. The fraction of sp³-hybridized carbons (Fsp3) is 0.130. The number of rotatable bonds is 4. The van der Waals surface area contributed by atoms with E-state index >= 15 is 0 Å². The van der Waals surface area contributed by atoms with Crippen molar-refractivity contribution in [2.45, 2.75) is 38.5 Å². The number of anilines is 6. The van der Waals surface area contributed by atoms with E-state index in [0.29, 0.717) is 11.4 Å². The zero-order valence-electron chi connectivity index (χ0n) is 30.0. The molecule has 7 aromatic rings. The highest BCUT2D eigenvalue weighted by Gasteiger charge is 2.42. The molecule has 0 fully saturated rings. The Bertz CT molecular complexity index is 2780. The number of hydrogen-bond donors (Lipinski definition) is 0. The molecule has 3 aliphatic rings. The van der Waals surface area contributed by atoms with Gasteiger partial charge in [0, 0.05) is 32.7 Å². The van der Waals surface area contributed by atoms with Crippen molar-refractivity contribution in [1.82, 2.24) is 9.97 Å². The molecule has 258 valence electrons. The van der Waals surface area contributed by atoms with Crippen LogP contribution in [-0.4, -0.2) is 20.3 Å². The molecule has 6 aromatic carbocycles. The van der Waals surface area contributed by atoms with Crippen LogP contribution >= 0.6 is 24.4 Å². The first-order valence-electron chi connectivity index (χ1n) is 17.9. The van der Waals surface area contributed by atoms with Gasteiger partial charge in [-0.3, -0.25) is 0 Å². The summed E-state index contributed by atoms with van der Waals surface area (Å²) in [6, 6.07) is 43.9. The van der Waals surface area contributed by atoms with Gasteiger partial charge in [0.15, 0.2) is 0 Å². The van der Waals surface area contributed by atoms with Gasteiger partial charge in [-0.05, 0) is 77.0 Å². The van der Waals surface area contributed by atoms with Crippen molar-refractivity contribution < 1.29 is 0 Å². The summed E-state index contributed by atoms with van der Waals surface area (Å²) in [6.07, 6.45) is 0. The quantitative estimate of drug-likeness (QED) is 0.133. The van der Waals surface area contributed by atoms with E-state index < -0.39 is 0 Å². The summed E-state index contributed by atoms with van der Waals surface area (Å²) >= 11 is 10.0. The van der Waals surface area contributed by atoms with Crippen LogP contribution in [0.1, 0.15) is 49.9 Å². The molecule has 6 nitrogen and oxygen atoms in total. The molecule has 0 N–H and O–H groups in total. The summed E-state index contributed by atoms with van der Waals surface area (Å²) in [5.74, 6) is 0.512. The number of nitrogens with zero attached hydrogens (tertiary/aromatic N) is 6. The second-order valence-electron chi connectivity index (χ2n) is 15.0. The van der Waals surface area contributed by atoms with Crippen molar-refractivity contribution in [3.05, 3.63) is 144 Å². The average Bonchev–Trinajstić information content (AvgIpc) is 3.49. The fourth-order valence-electron chi connectivity index (χ4n) is 9.11. The summed E-state index contributed by atoms with van der Waals surface area (Å²) in [4.78, 5) is 23.5. The van der Waals surface area contributed by atoms with Gasteiger partial charge in [-0.1, -0.05) is 119 Å². The summed E-state index contributed by atoms with van der Waals surface area (Å²) in [5, 5.41) is 7.04. The molecule has 0 spiro atoms. The van der Waals surface area contributed by atoms with Gasteiger partial charge in [0.05, 0.1) is 55.8 Å². The normalized spacial score (nSPS) is 14.9. The van der Waals surface area contributed by atoms with Gasteiger partial charge in [-0.2, -0.15) is 9.98 Å². The van der Waals surface area contributed by atoms with E-state index in [1.807, 2.05) is 0 Å². The molecule has 2 aliphatic heterocycles. The largest absolute Gasteiger partial charge is 0.308 e. The Hall–Kier alpha value is -6.14. The van der Waals surface area contributed by atoms with Crippen molar-refractivity contribution >= 4 is 91.3 Å². The molecule has 0 saturated carbocycles. The van der Waals surface area contributed by atoms with E-state index in [1.165, 1.54) is 22.3 Å². The molecule has 0 amide bonds. The second-order valence-corrected chi connectivity index (χ2v) is 15.3. The van der Waals surface area contributed by atoms with E-state index in [4.69, 9.17) is 34.4 Å². The molecule has 0 radical (unpaired) electrons. The highest BCUT2D eigenvalue weighted by molar-refractivity contribution is 7.78. The number of aliphatic imine (C=N–C) groups is 2. The van der Waals surface area contributed by atoms with Crippen LogP contribution in [-0.2, 0) is 10.8 Å². The molecule has 8 heteroatoms. The Morgan fingerprint density at radius 1 is 0.500 bits per heavy atom. The first kappa shape index (κ1) is 32.5. The Kier molecular flexibility index (Phi) is 7.03. The topological polar surface area (TPSA) is 57.0 Å². The first-order valence-corrected chi connectivity index (χ1v) is 18.7. The smallest absolute Gasteiger partial charge is 0.209 e. The Morgan fingerprint density at radius 2 is 0.926 bits per heavy atom. The highest BCUT2D eigenvalue weighted by atomic mass is 32.1. The fourth-order valence-corrected chi connectivity index (χ4v) is 9.29. The number of aromatic nitrogens is 2. The van der Waals surface area contributed by atoms with Crippen LogP contribution < -0.4 is 9.80 Å². The van der Waals surface area contributed by atoms with Crippen LogP contribution in [0.2, 0.25) is 0 Å². The second kappa shape index (κ2) is 11.7. The average molecular weight is 733 g/mol. The molecule has 0 unspecified atom stereocenters. The van der Waals surface area contributed by atoms with Crippen LogP contribution in [0.4, 0.5) is 45.8 Å². The summed E-state index contributed by atoms with van der Waals surface area (Å²) in [7, 11) is 0. The van der Waals surface area contributed by atoms with Gasteiger partial charge in [-0.25, -0.2) is 9.97 Å². The van der Waals surface area contributed by atoms with E-state index in [0.717, 1.165) is 56.0 Å². The van der Waals surface area contributed by atoms with Crippen molar-refractivity contribution in [2.24, 2.45) is 9.98 Å². The molecular formula is C46H32N6S2. The van der Waals surface area contributed by atoms with Crippen LogP contribution in [0.3, 0.4) is 0 Å². The van der Waals surface area contributed by atoms with Gasteiger partial charge in [0.25, 0.3) is 0 Å². The lowest BCUT2D eigenvalue weighted by Gasteiger charge is -2.46. The molecule has 0 saturated heterocycles. The minimum atomic E-state index is -0.233. The monoisotopic (exact) mass is 732 g/mol. The molecule has 0 bridgehead atoms. The van der Waals surface area contributed by atoms with Crippen LogP contribution in [0.5, 0.6) is 0 Å². The highest BCUT2D eigenvalue weighted by Crippen LogP contribution is 2.61. The zero-order valence-corrected chi connectivity index (χ0v) is 31.7. The number of fused-ring (bicyclic) bond motifs is 7. The van der Waals surface area contributed by atoms with Crippen molar-refractivity contribution in [1.29, 1.82) is 0 Å². The molecular weight excluding hydrogens is 701 g/mol. The van der Waals surface area contributed by atoms with Gasteiger partial charge in [-0.15, -0.1) is 0 Å². The van der Waals surface area contributed by atoms with Gasteiger partial charge in [0.2, 0.25) is 11.6 Å². The number of isothiocyanates is 2. The summed E-state index contributed by atoms with van der Waals surface area (Å²) < 4.78 is 0. The Balaban J connectivity index is 1.39. The van der Waals surface area contributed by atoms with Crippen LogP contribution in [0.15, 0.2) is 131 Å². The van der Waals surface area contributed by atoms with E-state index in [9.17, 15) is 0 Å². The Labute approximate surface area is 324 Å². The molecule has 1 aromatic heterocycles. The molecule has 0 atom stereocenters. The van der Waals surface area contributed by atoms with Crippen LogP contribution in [0, 0.1) is 0 Å². The van der Waals surface area contributed by atoms with Crippen molar-refractivity contribution in [2.75, 3.05) is 9.80 Å². The SMILES string of the molecule is CC1(C)c2ccccc2N(c2cc3c4c(cccc4c2N2c4ccccc4C(C)(C)c4ccccc42)-c2nc(N=C=S)c(N=C=S)nc2-3)c2ccccc21. The van der Waals surface area contributed by atoms with Gasteiger partial charge in [0.1, 0.15) is 0 Å². The van der Waals surface area contributed by atoms with E-state index in [1.54, 1.807) is 0 Å². The zero-order chi connectivity index (χ0) is 36.9. The Morgan fingerprint density at radius 3 is 1.39 bits per heavy atom. The lowest BCUT2D eigenvalue weighted by molar-refractivity contribution is 0.630. The first-order chi connectivity index (χ1) is 26.3. The predicted molar refractivity (Wildman–Crippen MR) is 227 cm³/mol.